The van der Waals surface area contributed by atoms with E-state index in [-0.39, 0.29) is 0 Å². The van der Waals surface area contributed by atoms with E-state index in [9.17, 15) is 14.4 Å². The van der Waals surface area contributed by atoms with E-state index < -0.39 is 24.4 Å². The Labute approximate surface area is 139 Å². The molecule has 0 aromatic heterocycles. The standard InChI is InChI=1S/C18H18N2O4/c1-12-8-9-15(13(2)10-12)18(23)24-11-16(21)19-20-17(22)14-6-4-3-5-7-14/h3-10H,11H2,1-2H3,(H,19,21)(H,20,22). The van der Waals surface area contributed by atoms with Gasteiger partial charge in [-0.05, 0) is 37.6 Å². The number of ether oxygens (including phenoxy) is 1. The molecule has 0 spiro atoms. The predicted molar refractivity (Wildman–Crippen MR) is 88.2 cm³/mol. The molecule has 0 radical (unpaired) electrons. The van der Waals surface area contributed by atoms with Crippen LogP contribution in [0.1, 0.15) is 31.8 Å². The molecule has 0 saturated carbocycles. The first-order valence-corrected chi connectivity index (χ1v) is 7.36. The lowest BCUT2D eigenvalue weighted by molar-refractivity contribution is -0.125. The second-order valence-electron chi connectivity index (χ2n) is 5.26. The summed E-state index contributed by atoms with van der Waals surface area (Å²) in [4.78, 5) is 35.4. The molecule has 0 aliphatic carbocycles. The van der Waals surface area contributed by atoms with Crippen molar-refractivity contribution in [2.24, 2.45) is 0 Å². The molecule has 0 fully saturated rings. The van der Waals surface area contributed by atoms with E-state index in [1.165, 1.54) is 0 Å². The van der Waals surface area contributed by atoms with E-state index in [4.69, 9.17) is 4.74 Å². The van der Waals surface area contributed by atoms with Crippen LogP contribution in [0.15, 0.2) is 48.5 Å². The Morgan fingerprint density at radius 1 is 0.958 bits per heavy atom. The Hall–Kier alpha value is -3.15. The highest BCUT2D eigenvalue weighted by atomic mass is 16.5. The van der Waals surface area contributed by atoms with Gasteiger partial charge in [-0.1, -0.05) is 35.9 Å². The third kappa shape index (κ3) is 4.67. The number of hydrazine groups is 1. The lowest BCUT2D eigenvalue weighted by Gasteiger charge is -2.09. The zero-order valence-corrected chi connectivity index (χ0v) is 13.5. The number of hydrogen-bond acceptors (Lipinski definition) is 4. The average Bonchev–Trinajstić information content (AvgIpc) is 2.58. The number of hydrogen-bond donors (Lipinski definition) is 2. The highest BCUT2D eigenvalue weighted by Gasteiger charge is 2.13. The second-order valence-corrected chi connectivity index (χ2v) is 5.26. The molecule has 0 aliphatic heterocycles. The van der Waals surface area contributed by atoms with Gasteiger partial charge in [0, 0.05) is 5.56 Å². The number of aryl methyl sites for hydroxylation is 2. The SMILES string of the molecule is Cc1ccc(C(=O)OCC(=O)NNC(=O)c2ccccc2)c(C)c1. The first kappa shape index (κ1) is 17.2. The molecule has 0 atom stereocenters. The van der Waals surface area contributed by atoms with Crippen LogP contribution in [0.4, 0.5) is 0 Å². The lowest BCUT2D eigenvalue weighted by Crippen LogP contribution is -2.43. The van der Waals surface area contributed by atoms with Crippen LogP contribution in [-0.2, 0) is 9.53 Å². The Kier molecular flexibility index (Phi) is 5.68. The van der Waals surface area contributed by atoms with Crippen molar-refractivity contribution in [2.45, 2.75) is 13.8 Å². The Morgan fingerprint density at radius 3 is 2.33 bits per heavy atom. The zero-order chi connectivity index (χ0) is 17.5. The van der Waals surface area contributed by atoms with E-state index in [1.54, 1.807) is 49.4 Å². The first-order valence-electron chi connectivity index (χ1n) is 7.36. The van der Waals surface area contributed by atoms with Gasteiger partial charge in [0.25, 0.3) is 11.8 Å². The van der Waals surface area contributed by atoms with Gasteiger partial charge in [0.15, 0.2) is 6.61 Å². The smallest absolute Gasteiger partial charge is 0.338 e. The number of nitrogens with one attached hydrogen (secondary N) is 2. The van der Waals surface area contributed by atoms with Gasteiger partial charge in [-0.25, -0.2) is 4.79 Å². The van der Waals surface area contributed by atoms with Gasteiger partial charge in [0.2, 0.25) is 0 Å². The number of rotatable bonds is 4. The van der Waals surface area contributed by atoms with Crippen molar-refractivity contribution in [1.82, 2.24) is 10.9 Å². The zero-order valence-electron chi connectivity index (χ0n) is 13.5. The molecule has 2 aromatic carbocycles. The number of carbonyl (C=O) groups excluding carboxylic acids is 3. The topological polar surface area (TPSA) is 84.5 Å². The van der Waals surface area contributed by atoms with Gasteiger partial charge in [0.1, 0.15) is 0 Å². The van der Waals surface area contributed by atoms with E-state index in [1.807, 2.05) is 13.0 Å². The highest BCUT2D eigenvalue weighted by Crippen LogP contribution is 2.11. The maximum absolute atomic E-state index is 12.0. The minimum absolute atomic E-state index is 0.404. The minimum Gasteiger partial charge on any atom is -0.452 e. The van der Waals surface area contributed by atoms with Crippen molar-refractivity contribution in [3.8, 4) is 0 Å². The second kappa shape index (κ2) is 7.92. The maximum atomic E-state index is 12.0. The third-order valence-corrected chi connectivity index (χ3v) is 3.29. The van der Waals surface area contributed by atoms with Gasteiger partial charge in [0.05, 0.1) is 5.56 Å². The van der Waals surface area contributed by atoms with Crippen molar-refractivity contribution >= 4 is 17.8 Å². The van der Waals surface area contributed by atoms with E-state index in [2.05, 4.69) is 10.9 Å². The molecule has 0 aliphatic rings. The van der Waals surface area contributed by atoms with E-state index in [0.717, 1.165) is 11.1 Å². The fraction of sp³-hybridized carbons (Fsp3) is 0.167. The van der Waals surface area contributed by atoms with Crippen molar-refractivity contribution in [2.75, 3.05) is 6.61 Å². The summed E-state index contributed by atoms with van der Waals surface area (Å²) in [6.07, 6.45) is 0. The molecule has 0 bridgehead atoms. The summed E-state index contributed by atoms with van der Waals surface area (Å²) in [6.45, 7) is 3.23. The molecule has 24 heavy (non-hydrogen) atoms. The Balaban J connectivity index is 1.80. The van der Waals surface area contributed by atoms with Crippen molar-refractivity contribution in [3.05, 3.63) is 70.8 Å². The predicted octanol–water partition coefficient (Wildman–Crippen LogP) is 1.92. The average molecular weight is 326 g/mol. The third-order valence-electron chi connectivity index (χ3n) is 3.29. The van der Waals surface area contributed by atoms with Crippen LogP contribution in [-0.4, -0.2) is 24.4 Å². The van der Waals surface area contributed by atoms with E-state index in [0.29, 0.717) is 11.1 Å². The molecule has 2 amide bonds. The molecular weight excluding hydrogens is 308 g/mol. The summed E-state index contributed by atoms with van der Waals surface area (Å²) in [5, 5.41) is 0. The Bertz CT molecular complexity index is 757. The Morgan fingerprint density at radius 2 is 1.67 bits per heavy atom. The van der Waals surface area contributed by atoms with Crippen LogP contribution in [0.2, 0.25) is 0 Å². The van der Waals surface area contributed by atoms with Crippen molar-refractivity contribution in [3.63, 3.8) is 0 Å². The van der Waals surface area contributed by atoms with Crippen LogP contribution >= 0.6 is 0 Å². The van der Waals surface area contributed by atoms with Gasteiger partial charge >= 0.3 is 5.97 Å². The monoisotopic (exact) mass is 326 g/mol. The quantitative estimate of drug-likeness (QED) is 0.664. The molecule has 2 aromatic rings. The molecule has 124 valence electrons. The summed E-state index contributed by atoms with van der Waals surface area (Å²) < 4.78 is 4.95. The van der Waals surface area contributed by atoms with Crippen LogP contribution in [0.3, 0.4) is 0 Å². The maximum Gasteiger partial charge on any atom is 0.338 e. The largest absolute Gasteiger partial charge is 0.452 e. The minimum atomic E-state index is -0.627. The van der Waals surface area contributed by atoms with Gasteiger partial charge in [-0.2, -0.15) is 0 Å². The lowest BCUT2D eigenvalue weighted by atomic mass is 10.1. The number of esters is 1. The fourth-order valence-corrected chi connectivity index (χ4v) is 2.08. The van der Waals surface area contributed by atoms with Gasteiger partial charge < -0.3 is 4.74 Å². The molecule has 2 rings (SSSR count). The van der Waals surface area contributed by atoms with Crippen LogP contribution in [0.25, 0.3) is 0 Å². The van der Waals surface area contributed by atoms with Gasteiger partial charge in [-0.3, -0.25) is 20.4 Å². The summed E-state index contributed by atoms with van der Waals surface area (Å²) in [5.41, 5.74) is 7.07. The summed E-state index contributed by atoms with van der Waals surface area (Å²) in [6, 6.07) is 13.7. The highest BCUT2D eigenvalue weighted by molar-refractivity contribution is 5.96. The molecule has 0 heterocycles. The molecular formula is C18H18N2O4. The van der Waals surface area contributed by atoms with Crippen molar-refractivity contribution < 1.29 is 19.1 Å². The first-order chi connectivity index (χ1) is 11.5. The normalized spacial score (nSPS) is 9.92. The summed E-state index contributed by atoms with van der Waals surface area (Å²) >= 11 is 0. The van der Waals surface area contributed by atoms with E-state index >= 15 is 0 Å². The molecule has 6 nitrogen and oxygen atoms in total. The summed E-state index contributed by atoms with van der Waals surface area (Å²) in [5.74, 6) is -1.67. The van der Waals surface area contributed by atoms with Crippen molar-refractivity contribution in [1.29, 1.82) is 0 Å². The fourth-order valence-electron chi connectivity index (χ4n) is 2.08. The van der Waals surface area contributed by atoms with Crippen LogP contribution in [0.5, 0.6) is 0 Å². The van der Waals surface area contributed by atoms with Crippen LogP contribution < -0.4 is 10.9 Å². The van der Waals surface area contributed by atoms with Crippen LogP contribution in [0, 0.1) is 13.8 Å². The molecule has 0 saturated heterocycles. The number of carbonyl (C=O) groups is 3. The molecule has 2 N–H and O–H groups in total. The number of amides is 2. The van der Waals surface area contributed by atoms with Gasteiger partial charge in [-0.15, -0.1) is 0 Å². The molecule has 0 unspecified atom stereocenters. The molecule has 6 heteroatoms. The summed E-state index contributed by atoms with van der Waals surface area (Å²) in [7, 11) is 0. The number of benzene rings is 2.